The second-order valence-corrected chi connectivity index (χ2v) is 8.63. The van der Waals surface area contributed by atoms with E-state index in [1.54, 1.807) is 18.3 Å². The average Bonchev–Trinajstić information content (AvgIpc) is 2.87. The number of allylic oxidation sites excluding steroid dienone is 3. The number of halogens is 4. The predicted octanol–water partition coefficient (Wildman–Crippen LogP) is 6.97. The second-order valence-electron chi connectivity index (χ2n) is 8.63. The standard InChI is InChI=1S/C28H33F4N3O3/c1-5-7-8-22(17-35-26(36)18(3)4)34-16-19(6-2)13-20-9-10-24(37-27(29)30)23(14-20)21-11-12-33-25(15-21)38-28(31)32/h6,8-12,14-16,18,27-28H,5,7,13,17H2,1-4H3,(H,35,36)/b19-6-,22-8+,34-16+. The topological polar surface area (TPSA) is 72.8 Å². The molecule has 206 valence electrons. The number of alkyl halides is 4. The molecule has 0 radical (unpaired) electrons. The lowest BCUT2D eigenvalue weighted by molar-refractivity contribution is -0.123. The van der Waals surface area contributed by atoms with Gasteiger partial charge in [0.2, 0.25) is 11.8 Å². The highest BCUT2D eigenvalue weighted by Crippen LogP contribution is 2.34. The highest BCUT2D eigenvalue weighted by atomic mass is 19.3. The summed E-state index contributed by atoms with van der Waals surface area (Å²) < 4.78 is 60.4. The van der Waals surface area contributed by atoms with Crippen LogP contribution in [0.4, 0.5) is 17.6 Å². The molecule has 38 heavy (non-hydrogen) atoms. The van der Waals surface area contributed by atoms with Gasteiger partial charge in [0.05, 0.1) is 12.2 Å². The molecule has 1 aromatic heterocycles. The van der Waals surface area contributed by atoms with E-state index in [4.69, 9.17) is 0 Å². The zero-order chi connectivity index (χ0) is 28.1. The number of unbranched alkanes of at least 4 members (excludes halogenated alkanes) is 1. The SMILES string of the molecule is C\C=C(/C=N/C(=C/CCC)CNC(=O)C(C)C)Cc1ccc(OC(F)F)c(-c2ccnc(OC(F)F)c2)c1. The van der Waals surface area contributed by atoms with E-state index >= 15 is 0 Å². The number of hydrogen-bond acceptors (Lipinski definition) is 5. The molecule has 0 fully saturated rings. The number of pyridine rings is 1. The van der Waals surface area contributed by atoms with Gasteiger partial charge < -0.3 is 14.8 Å². The number of ether oxygens (including phenoxy) is 2. The summed E-state index contributed by atoms with van der Waals surface area (Å²) in [5, 5.41) is 2.87. The number of amides is 1. The van der Waals surface area contributed by atoms with E-state index in [1.165, 1.54) is 24.4 Å². The van der Waals surface area contributed by atoms with Gasteiger partial charge in [-0.2, -0.15) is 17.6 Å². The van der Waals surface area contributed by atoms with Gasteiger partial charge in [-0.05, 0) is 54.7 Å². The van der Waals surface area contributed by atoms with Crippen LogP contribution in [0.5, 0.6) is 11.6 Å². The Bertz CT molecular complexity index is 1150. The third-order valence-electron chi connectivity index (χ3n) is 5.33. The maximum Gasteiger partial charge on any atom is 0.388 e. The average molecular weight is 536 g/mol. The number of aromatic nitrogens is 1. The van der Waals surface area contributed by atoms with Crippen molar-refractivity contribution in [3.8, 4) is 22.8 Å². The first-order valence-electron chi connectivity index (χ1n) is 12.3. The van der Waals surface area contributed by atoms with Crippen LogP contribution in [0.1, 0.15) is 46.1 Å². The first kappa shape index (κ1) is 30.5. The minimum absolute atomic E-state index is 0.0642. The number of carbonyl (C=O) groups is 1. The Morgan fingerprint density at radius 2 is 1.84 bits per heavy atom. The Morgan fingerprint density at radius 3 is 2.47 bits per heavy atom. The van der Waals surface area contributed by atoms with Gasteiger partial charge in [0.15, 0.2) is 0 Å². The van der Waals surface area contributed by atoms with Crippen LogP contribution in [-0.4, -0.2) is 36.9 Å². The number of benzene rings is 1. The molecule has 0 bridgehead atoms. The van der Waals surface area contributed by atoms with E-state index in [1.807, 2.05) is 39.8 Å². The molecule has 1 amide bonds. The zero-order valence-corrected chi connectivity index (χ0v) is 21.9. The lowest BCUT2D eigenvalue weighted by Crippen LogP contribution is -2.29. The lowest BCUT2D eigenvalue weighted by Gasteiger charge is -2.14. The Kier molecular flexibility index (Phi) is 12.5. The summed E-state index contributed by atoms with van der Waals surface area (Å²) in [7, 11) is 0. The second kappa shape index (κ2) is 15.5. The van der Waals surface area contributed by atoms with Crippen molar-refractivity contribution in [2.75, 3.05) is 6.54 Å². The normalized spacial score (nSPS) is 12.6. The lowest BCUT2D eigenvalue weighted by atomic mass is 9.99. The molecule has 0 aliphatic heterocycles. The van der Waals surface area contributed by atoms with E-state index < -0.39 is 13.2 Å². The predicted molar refractivity (Wildman–Crippen MR) is 140 cm³/mol. The van der Waals surface area contributed by atoms with Gasteiger partial charge in [-0.3, -0.25) is 9.79 Å². The van der Waals surface area contributed by atoms with E-state index in [-0.39, 0.29) is 29.0 Å². The van der Waals surface area contributed by atoms with E-state index in [0.29, 0.717) is 18.5 Å². The van der Waals surface area contributed by atoms with Crippen molar-refractivity contribution in [2.45, 2.75) is 60.2 Å². The maximum atomic E-state index is 13.0. The molecular weight excluding hydrogens is 502 g/mol. The van der Waals surface area contributed by atoms with Gasteiger partial charge >= 0.3 is 13.2 Å². The minimum atomic E-state index is -3.08. The van der Waals surface area contributed by atoms with Crippen molar-refractivity contribution < 1.29 is 31.8 Å². The van der Waals surface area contributed by atoms with Crippen molar-refractivity contribution in [1.82, 2.24) is 10.3 Å². The molecule has 0 atom stereocenters. The van der Waals surface area contributed by atoms with Crippen LogP contribution in [0.3, 0.4) is 0 Å². The van der Waals surface area contributed by atoms with Crippen LogP contribution in [0, 0.1) is 5.92 Å². The molecule has 10 heteroatoms. The van der Waals surface area contributed by atoms with Gasteiger partial charge in [0.1, 0.15) is 5.75 Å². The molecule has 1 aromatic carbocycles. The van der Waals surface area contributed by atoms with Crippen molar-refractivity contribution in [3.63, 3.8) is 0 Å². The number of hydrogen-bond donors (Lipinski definition) is 1. The number of aliphatic imine (C=N–C) groups is 1. The van der Waals surface area contributed by atoms with Gasteiger partial charge in [-0.25, -0.2) is 4.98 Å². The summed E-state index contributed by atoms with van der Waals surface area (Å²) >= 11 is 0. The summed E-state index contributed by atoms with van der Waals surface area (Å²) in [6.07, 6.45) is 8.95. The van der Waals surface area contributed by atoms with Crippen molar-refractivity contribution in [1.29, 1.82) is 0 Å². The van der Waals surface area contributed by atoms with Gasteiger partial charge in [-0.1, -0.05) is 45.4 Å². The van der Waals surface area contributed by atoms with E-state index in [2.05, 4.69) is 24.8 Å². The third-order valence-corrected chi connectivity index (χ3v) is 5.33. The first-order valence-corrected chi connectivity index (χ1v) is 12.3. The fourth-order valence-corrected chi connectivity index (χ4v) is 3.33. The Hall–Kier alpha value is -3.69. The molecule has 2 rings (SSSR count). The third kappa shape index (κ3) is 10.4. The quantitative estimate of drug-likeness (QED) is 0.210. The molecule has 1 heterocycles. The Labute approximate surface area is 220 Å². The van der Waals surface area contributed by atoms with Crippen LogP contribution in [0.2, 0.25) is 0 Å². The number of nitrogens with zero attached hydrogens (tertiary/aromatic N) is 2. The van der Waals surface area contributed by atoms with Gasteiger partial charge in [0, 0.05) is 30.0 Å². The number of carbonyl (C=O) groups excluding carboxylic acids is 1. The van der Waals surface area contributed by atoms with Crippen LogP contribution < -0.4 is 14.8 Å². The summed E-state index contributed by atoms with van der Waals surface area (Å²) in [5.74, 6) is -0.657. The smallest absolute Gasteiger partial charge is 0.388 e. The molecule has 0 aliphatic rings. The molecule has 0 unspecified atom stereocenters. The summed E-state index contributed by atoms with van der Waals surface area (Å²) in [4.78, 5) is 20.3. The van der Waals surface area contributed by atoms with Crippen molar-refractivity contribution in [2.24, 2.45) is 10.9 Å². The van der Waals surface area contributed by atoms with Crippen LogP contribution in [-0.2, 0) is 11.2 Å². The number of nitrogens with one attached hydrogen (secondary N) is 1. The Balaban J connectivity index is 2.31. The van der Waals surface area contributed by atoms with Gasteiger partial charge in [-0.15, -0.1) is 0 Å². The van der Waals surface area contributed by atoms with E-state index in [9.17, 15) is 22.4 Å². The van der Waals surface area contributed by atoms with Crippen LogP contribution >= 0.6 is 0 Å². The molecule has 1 N–H and O–H groups in total. The highest BCUT2D eigenvalue weighted by molar-refractivity contribution is 5.81. The molecule has 0 spiro atoms. The molecular formula is C28H33F4N3O3. The monoisotopic (exact) mass is 535 g/mol. The summed E-state index contributed by atoms with van der Waals surface area (Å²) in [5.41, 5.74) is 2.92. The molecule has 0 aliphatic carbocycles. The first-order chi connectivity index (χ1) is 18.1. The summed E-state index contributed by atoms with van der Waals surface area (Å²) in [6.45, 7) is 1.69. The maximum absolute atomic E-state index is 13.0. The Morgan fingerprint density at radius 1 is 1.11 bits per heavy atom. The molecule has 2 aromatic rings. The molecule has 0 saturated carbocycles. The van der Waals surface area contributed by atoms with Crippen molar-refractivity contribution >= 4 is 12.1 Å². The summed E-state index contributed by atoms with van der Waals surface area (Å²) in [6, 6.07) is 7.42. The molecule has 0 saturated heterocycles. The highest BCUT2D eigenvalue weighted by Gasteiger charge is 2.15. The largest absolute Gasteiger partial charge is 0.434 e. The van der Waals surface area contributed by atoms with Crippen LogP contribution in [0.25, 0.3) is 11.1 Å². The fraction of sp³-hybridized carbons (Fsp3) is 0.393. The zero-order valence-electron chi connectivity index (χ0n) is 21.9. The fourth-order valence-electron chi connectivity index (χ4n) is 3.33. The van der Waals surface area contributed by atoms with Crippen molar-refractivity contribution in [3.05, 3.63) is 65.5 Å². The minimum Gasteiger partial charge on any atom is -0.434 e. The van der Waals surface area contributed by atoms with Gasteiger partial charge in [0.25, 0.3) is 0 Å². The molecule has 6 nitrogen and oxygen atoms in total. The number of rotatable bonds is 14. The van der Waals surface area contributed by atoms with E-state index in [0.717, 1.165) is 29.7 Å². The van der Waals surface area contributed by atoms with Crippen LogP contribution in [0.15, 0.2) is 64.9 Å².